The molecule has 7 heteroatoms. The summed E-state index contributed by atoms with van der Waals surface area (Å²) >= 11 is 1.89. The van der Waals surface area contributed by atoms with Gasteiger partial charge in [-0.1, -0.05) is 0 Å². The van der Waals surface area contributed by atoms with Crippen molar-refractivity contribution in [3.05, 3.63) is 22.2 Å². The molecule has 2 heterocycles. The van der Waals surface area contributed by atoms with Gasteiger partial charge in [-0.2, -0.15) is 11.8 Å². The third kappa shape index (κ3) is 2.79. The zero-order valence-electron chi connectivity index (χ0n) is 9.55. The Bertz CT molecular complexity index is 421. The van der Waals surface area contributed by atoms with E-state index >= 15 is 0 Å². The number of hydrogen-bond donors (Lipinski definition) is 1. The summed E-state index contributed by atoms with van der Waals surface area (Å²) < 4.78 is 0. The van der Waals surface area contributed by atoms with Gasteiger partial charge in [0.15, 0.2) is 0 Å². The molecule has 6 nitrogen and oxygen atoms in total. The zero-order chi connectivity index (χ0) is 12.3. The van der Waals surface area contributed by atoms with E-state index in [0.29, 0.717) is 11.6 Å². The molecular formula is C10H14N4O2S. The van der Waals surface area contributed by atoms with Crippen molar-refractivity contribution < 1.29 is 4.92 Å². The number of pyridine rings is 1. The molecule has 0 radical (unpaired) electrons. The highest BCUT2D eigenvalue weighted by Crippen LogP contribution is 2.24. The number of nitro groups is 1. The van der Waals surface area contributed by atoms with Crippen molar-refractivity contribution in [3.63, 3.8) is 0 Å². The highest BCUT2D eigenvalue weighted by atomic mass is 32.2. The molecule has 0 unspecified atom stereocenters. The van der Waals surface area contributed by atoms with Crippen LogP contribution in [0.5, 0.6) is 0 Å². The second-order valence-electron chi connectivity index (χ2n) is 3.68. The lowest BCUT2D eigenvalue weighted by Gasteiger charge is -2.27. The van der Waals surface area contributed by atoms with Crippen molar-refractivity contribution in [1.82, 2.24) is 4.98 Å². The predicted octanol–water partition coefficient (Wildman–Crippen LogP) is 1.58. The molecule has 0 aliphatic carbocycles. The van der Waals surface area contributed by atoms with Gasteiger partial charge in [0.1, 0.15) is 11.6 Å². The van der Waals surface area contributed by atoms with Crippen LogP contribution < -0.4 is 10.2 Å². The van der Waals surface area contributed by atoms with Crippen LogP contribution in [0.25, 0.3) is 0 Å². The first kappa shape index (κ1) is 12.0. The molecule has 0 amide bonds. The Hall–Kier alpha value is -1.50. The number of aromatic nitrogens is 1. The van der Waals surface area contributed by atoms with Gasteiger partial charge in [-0.3, -0.25) is 10.1 Å². The van der Waals surface area contributed by atoms with Crippen LogP contribution in [0, 0.1) is 10.1 Å². The molecule has 0 spiro atoms. The van der Waals surface area contributed by atoms with Crippen LogP contribution in [0.15, 0.2) is 12.1 Å². The minimum atomic E-state index is -0.384. The first-order chi connectivity index (χ1) is 8.20. The largest absolute Gasteiger partial charge is 0.373 e. The van der Waals surface area contributed by atoms with E-state index in [-0.39, 0.29) is 10.6 Å². The maximum absolute atomic E-state index is 10.8. The number of thioether (sulfide) groups is 1. The second kappa shape index (κ2) is 5.22. The fraction of sp³-hybridized carbons (Fsp3) is 0.500. The van der Waals surface area contributed by atoms with Crippen LogP contribution in [-0.2, 0) is 0 Å². The molecule has 1 aromatic heterocycles. The molecule has 17 heavy (non-hydrogen) atoms. The van der Waals surface area contributed by atoms with Gasteiger partial charge in [0.2, 0.25) is 0 Å². The number of hydrogen-bond acceptors (Lipinski definition) is 6. The topological polar surface area (TPSA) is 71.3 Å². The Morgan fingerprint density at radius 2 is 2.18 bits per heavy atom. The fourth-order valence-corrected chi connectivity index (χ4v) is 2.59. The van der Waals surface area contributed by atoms with Gasteiger partial charge in [-0.15, -0.1) is 0 Å². The first-order valence-electron chi connectivity index (χ1n) is 5.37. The highest BCUT2D eigenvalue weighted by Gasteiger charge is 2.17. The van der Waals surface area contributed by atoms with Gasteiger partial charge in [-0.25, -0.2) is 4.98 Å². The summed E-state index contributed by atoms with van der Waals surface area (Å²) in [5.74, 6) is 3.30. The van der Waals surface area contributed by atoms with Gasteiger partial charge in [0.05, 0.1) is 17.1 Å². The minimum Gasteiger partial charge on any atom is -0.373 e. The highest BCUT2D eigenvalue weighted by molar-refractivity contribution is 7.99. The normalized spacial score (nSPS) is 15.7. The van der Waals surface area contributed by atoms with Crippen LogP contribution in [-0.4, -0.2) is 41.6 Å². The lowest BCUT2D eigenvalue weighted by atomic mass is 10.3. The second-order valence-corrected chi connectivity index (χ2v) is 4.90. The number of rotatable bonds is 3. The average Bonchev–Trinajstić information content (AvgIpc) is 2.39. The van der Waals surface area contributed by atoms with E-state index in [0.717, 1.165) is 24.6 Å². The Balaban J connectivity index is 2.31. The summed E-state index contributed by atoms with van der Waals surface area (Å²) in [5, 5.41) is 13.7. The molecule has 0 saturated carbocycles. The van der Waals surface area contributed by atoms with Crippen molar-refractivity contribution in [3.8, 4) is 0 Å². The van der Waals surface area contributed by atoms with Gasteiger partial charge >= 0.3 is 0 Å². The van der Waals surface area contributed by atoms with Crippen LogP contribution >= 0.6 is 11.8 Å². The Kier molecular flexibility index (Phi) is 3.68. The molecular weight excluding hydrogens is 240 g/mol. The Labute approximate surface area is 104 Å². The monoisotopic (exact) mass is 254 g/mol. The summed E-state index contributed by atoms with van der Waals surface area (Å²) in [4.78, 5) is 16.9. The molecule has 1 aliphatic rings. The molecule has 2 rings (SSSR count). The SMILES string of the molecule is CNc1cc([N+](=O)[O-])cc(N2CCSCC2)n1. The number of anilines is 2. The summed E-state index contributed by atoms with van der Waals surface area (Å²) in [5.41, 5.74) is 0.0811. The molecule has 0 atom stereocenters. The molecule has 1 aliphatic heterocycles. The maximum Gasteiger partial charge on any atom is 0.276 e. The average molecular weight is 254 g/mol. The van der Waals surface area contributed by atoms with Gasteiger partial charge in [0.25, 0.3) is 5.69 Å². The Morgan fingerprint density at radius 3 is 2.76 bits per heavy atom. The van der Waals surface area contributed by atoms with Crippen LogP contribution in [0.2, 0.25) is 0 Å². The molecule has 0 aromatic carbocycles. The van der Waals surface area contributed by atoms with E-state index in [4.69, 9.17) is 0 Å². The lowest BCUT2D eigenvalue weighted by Crippen LogP contribution is -2.33. The molecule has 1 saturated heterocycles. The first-order valence-corrected chi connectivity index (χ1v) is 6.53. The van der Waals surface area contributed by atoms with Gasteiger partial charge < -0.3 is 10.2 Å². The van der Waals surface area contributed by atoms with E-state index in [2.05, 4.69) is 15.2 Å². The third-order valence-corrected chi connectivity index (χ3v) is 3.54. The lowest BCUT2D eigenvalue weighted by molar-refractivity contribution is -0.384. The third-order valence-electron chi connectivity index (χ3n) is 2.60. The molecule has 1 N–H and O–H groups in total. The molecule has 1 fully saturated rings. The Morgan fingerprint density at radius 1 is 1.47 bits per heavy atom. The summed E-state index contributed by atoms with van der Waals surface area (Å²) in [6.07, 6.45) is 0. The number of nitrogens with one attached hydrogen (secondary N) is 1. The van der Waals surface area contributed by atoms with Crippen molar-refractivity contribution in [2.24, 2.45) is 0 Å². The molecule has 0 bridgehead atoms. The standard InChI is InChI=1S/C10H14N4O2S/c1-11-9-6-8(14(15)16)7-10(12-9)13-2-4-17-5-3-13/h6-7H,2-5H2,1H3,(H,11,12). The fourth-order valence-electron chi connectivity index (χ4n) is 1.69. The van der Waals surface area contributed by atoms with Crippen LogP contribution in [0.4, 0.5) is 17.3 Å². The van der Waals surface area contributed by atoms with E-state index < -0.39 is 0 Å². The summed E-state index contributed by atoms with van der Waals surface area (Å²) in [6, 6.07) is 2.99. The minimum absolute atomic E-state index is 0.0811. The van der Waals surface area contributed by atoms with E-state index in [1.54, 1.807) is 7.05 Å². The summed E-state index contributed by atoms with van der Waals surface area (Å²) in [7, 11) is 1.71. The van der Waals surface area contributed by atoms with Crippen LogP contribution in [0.1, 0.15) is 0 Å². The van der Waals surface area contributed by atoms with Gasteiger partial charge in [-0.05, 0) is 0 Å². The zero-order valence-corrected chi connectivity index (χ0v) is 10.4. The van der Waals surface area contributed by atoms with Crippen molar-refractivity contribution >= 4 is 29.1 Å². The van der Waals surface area contributed by atoms with Crippen LogP contribution in [0.3, 0.4) is 0 Å². The maximum atomic E-state index is 10.8. The van der Waals surface area contributed by atoms with Crippen molar-refractivity contribution in [2.45, 2.75) is 0 Å². The van der Waals surface area contributed by atoms with E-state index in [9.17, 15) is 10.1 Å². The van der Waals surface area contributed by atoms with E-state index in [1.807, 2.05) is 11.8 Å². The molecule has 1 aromatic rings. The smallest absolute Gasteiger partial charge is 0.276 e. The van der Waals surface area contributed by atoms with Crippen molar-refractivity contribution in [2.75, 3.05) is 41.9 Å². The quantitative estimate of drug-likeness (QED) is 0.652. The van der Waals surface area contributed by atoms with Crippen molar-refractivity contribution in [1.29, 1.82) is 0 Å². The summed E-state index contributed by atoms with van der Waals surface area (Å²) in [6.45, 7) is 1.78. The molecule has 92 valence electrons. The number of nitrogens with zero attached hydrogens (tertiary/aromatic N) is 3. The van der Waals surface area contributed by atoms with Gasteiger partial charge in [0, 0.05) is 31.6 Å². The predicted molar refractivity (Wildman–Crippen MR) is 70.0 cm³/mol. The van der Waals surface area contributed by atoms with E-state index in [1.165, 1.54) is 12.1 Å².